The van der Waals surface area contributed by atoms with E-state index in [-0.39, 0.29) is 5.82 Å². The van der Waals surface area contributed by atoms with E-state index in [4.69, 9.17) is 25.6 Å². The summed E-state index contributed by atoms with van der Waals surface area (Å²) in [6.07, 6.45) is 0. The van der Waals surface area contributed by atoms with Crippen LogP contribution in [0.3, 0.4) is 0 Å². The van der Waals surface area contributed by atoms with Crippen LogP contribution in [0.1, 0.15) is 0 Å². The predicted molar refractivity (Wildman–Crippen MR) is 49.5 cm³/mol. The Balaban J connectivity index is 0.000000288. The number of hydrogen-bond donors (Lipinski definition) is 4. The molecule has 0 heterocycles. The molecule has 1 rings (SSSR count). The topological polar surface area (TPSA) is 113 Å². The minimum atomic E-state index is -1.82. The zero-order chi connectivity index (χ0) is 11.8. The van der Waals surface area contributed by atoms with E-state index in [2.05, 4.69) is 5.43 Å². The predicted octanol–water partition coefficient (Wildman–Crippen LogP) is 0.267. The van der Waals surface area contributed by atoms with E-state index < -0.39 is 11.9 Å². The van der Waals surface area contributed by atoms with Gasteiger partial charge < -0.3 is 15.6 Å². The average Bonchev–Trinajstić information content (AvgIpc) is 2.20. The molecule has 0 aliphatic rings. The number of hydrogen-bond acceptors (Lipinski definition) is 4. The van der Waals surface area contributed by atoms with Crippen LogP contribution in [0.2, 0.25) is 0 Å². The fraction of sp³-hybridized carbons (Fsp3) is 0. The fourth-order valence-electron chi connectivity index (χ4n) is 0.546. The molecular formula is C8H9FN2O4. The Hall–Kier alpha value is -2.15. The first-order valence-corrected chi connectivity index (χ1v) is 3.65. The van der Waals surface area contributed by atoms with Crippen LogP contribution >= 0.6 is 0 Å². The molecule has 0 saturated heterocycles. The number of anilines is 1. The number of carboxylic acid groups (broad SMARTS) is 2. The molecule has 6 nitrogen and oxygen atoms in total. The highest BCUT2D eigenvalue weighted by Gasteiger charge is 2.04. The van der Waals surface area contributed by atoms with E-state index in [9.17, 15) is 4.39 Å². The van der Waals surface area contributed by atoms with Crippen molar-refractivity contribution in [3.8, 4) is 0 Å². The van der Waals surface area contributed by atoms with Gasteiger partial charge in [-0.15, -0.1) is 0 Å². The Morgan fingerprint density at radius 2 is 1.53 bits per heavy atom. The second-order valence-corrected chi connectivity index (χ2v) is 2.26. The lowest BCUT2D eigenvalue weighted by molar-refractivity contribution is -0.159. The third kappa shape index (κ3) is 5.99. The van der Waals surface area contributed by atoms with Crippen molar-refractivity contribution >= 4 is 17.6 Å². The maximum Gasteiger partial charge on any atom is 0.414 e. The van der Waals surface area contributed by atoms with Gasteiger partial charge in [-0.3, -0.25) is 5.84 Å². The summed E-state index contributed by atoms with van der Waals surface area (Å²) in [5.41, 5.74) is 3.09. The first-order valence-electron chi connectivity index (χ1n) is 3.65. The van der Waals surface area contributed by atoms with Gasteiger partial charge in [0, 0.05) is 5.69 Å². The molecule has 0 aliphatic heterocycles. The monoisotopic (exact) mass is 216 g/mol. The van der Waals surface area contributed by atoms with Gasteiger partial charge in [-0.1, -0.05) is 0 Å². The zero-order valence-electron chi connectivity index (χ0n) is 7.48. The SMILES string of the molecule is NNc1ccc(F)cc1.O=C(O)C(=O)O. The van der Waals surface area contributed by atoms with E-state index in [1.807, 2.05) is 0 Å². The normalized spacial score (nSPS) is 8.40. The van der Waals surface area contributed by atoms with Crippen molar-refractivity contribution in [2.45, 2.75) is 0 Å². The number of nitrogen functional groups attached to an aromatic ring is 1. The van der Waals surface area contributed by atoms with Crippen molar-refractivity contribution in [2.24, 2.45) is 5.84 Å². The Morgan fingerprint density at radius 3 is 1.80 bits per heavy atom. The van der Waals surface area contributed by atoms with Crippen LogP contribution < -0.4 is 11.3 Å². The van der Waals surface area contributed by atoms with Crippen LogP contribution in [0.15, 0.2) is 24.3 Å². The molecule has 0 saturated carbocycles. The Bertz CT molecular complexity index is 327. The van der Waals surface area contributed by atoms with Gasteiger partial charge in [0.2, 0.25) is 0 Å². The summed E-state index contributed by atoms with van der Waals surface area (Å²) in [6.45, 7) is 0. The number of nitrogens with one attached hydrogen (secondary N) is 1. The molecule has 7 heteroatoms. The van der Waals surface area contributed by atoms with Gasteiger partial charge in [-0.05, 0) is 24.3 Å². The number of nitrogens with two attached hydrogens (primary N) is 1. The minimum absolute atomic E-state index is 0.256. The molecule has 0 fully saturated rings. The Morgan fingerprint density at radius 1 is 1.13 bits per heavy atom. The molecule has 0 unspecified atom stereocenters. The first kappa shape index (κ1) is 12.8. The number of halogens is 1. The molecule has 0 aliphatic carbocycles. The average molecular weight is 216 g/mol. The Kier molecular flexibility index (Phi) is 5.42. The van der Waals surface area contributed by atoms with Crippen molar-refractivity contribution in [3.63, 3.8) is 0 Å². The summed E-state index contributed by atoms with van der Waals surface area (Å²) in [4.78, 5) is 18.2. The highest BCUT2D eigenvalue weighted by Crippen LogP contribution is 2.05. The van der Waals surface area contributed by atoms with Gasteiger partial charge in [0.15, 0.2) is 0 Å². The molecule has 0 spiro atoms. The molecule has 0 amide bonds. The Labute approximate surface area is 84.1 Å². The van der Waals surface area contributed by atoms with Crippen LogP contribution in [-0.2, 0) is 9.59 Å². The van der Waals surface area contributed by atoms with Crippen LogP contribution in [0, 0.1) is 5.82 Å². The number of hydrazine groups is 1. The summed E-state index contributed by atoms with van der Waals surface area (Å²) in [5, 5.41) is 14.8. The summed E-state index contributed by atoms with van der Waals surface area (Å²) < 4.78 is 12.2. The second-order valence-electron chi connectivity index (χ2n) is 2.26. The summed E-state index contributed by atoms with van der Waals surface area (Å²) in [7, 11) is 0. The lowest BCUT2D eigenvalue weighted by Gasteiger charge is -1.95. The van der Waals surface area contributed by atoms with Gasteiger partial charge in [0.05, 0.1) is 0 Å². The third-order valence-electron chi connectivity index (χ3n) is 1.19. The van der Waals surface area contributed by atoms with E-state index in [0.717, 1.165) is 0 Å². The molecular weight excluding hydrogens is 207 g/mol. The highest BCUT2D eigenvalue weighted by molar-refractivity contribution is 6.27. The maximum atomic E-state index is 12.2. The summed E-state index contributed by atoms with van der Waals surface area (Å²) in [6, 6.07) is 5.81. The largest absolute Gasteiger partial charge is 0.473 e. The van der Waals surface area contributed by atoms with Gasteiger partial charge in [-0.2, -0.15) is 0 Å². The van der Waals surface area contributed by atoms with Crippen molar-refractivity contribution in [3.05, 3.63) is 30.1 Å². The van der Waals surface area contributed by atoms with Crippen LogP contribution in [-0.4, -0.2) is 22.2 Å². The second kappa shape index (κ2) is 6.33. The smallest absolute Gasteiger partial charge is 0.414 e. The molecule has 0 bridgehead atoms. The van der Waals surface area contributed by atoms with Crippen LogP contribution in [0.4, 0.5) is 10.1 Å². The quantitative estimate of drug-likeness (QED) is 0.304. The van der Waals surface area contributed by atoms with E-state index in [1.54, 1.807) is 12.1 Å². The molecule has 15 heavy (non-hydrogen) atoms. The van der Waals surface area contributed by atoms with Crippen LogP contribution in [0.5, 0.6) is 0 Å². The zero-order valence-corrected chi connectivity index (χ0v) is 7.48. The first-order chi connectivity index (χ1) is 6.97. The molecule has 5 N–H and O–H groups in total. The van der Waals surface area contributed by atoms with Gasteiger partial charge >= 0.3 is 11.9 Å². The number of carboxylic acids is 2. The van der Waals surface area contributed by atoms with Gasteiger partial charge in [0.25, 0.3) is 0 Å². The summed E-state index contributed by atoms with van der Waals surface area (Å²) in [5.74, 6) is 1.12. The number of aliphatic carboxylic acids is 2. The molecule has 1 aromatic carbocycles. The molecule has 0 radical (unpaired) electrons. The van der Waals surface area contributed by atoms with E-state index >= 15 is 0 Å². The lowest BCUT2D eigenvalue weighted by atomic mass is 10.3. The van der Waals surface area contributed by atoms with E-state index in [1.165, 1.54) is 12.1 Å². The van der Waals surface area contributed by atoms with Crippen LogP contribution in [0.25, 0.3) is 0 Å². The molecule has 0 aromatic heterocycles. The standard InChI is InChI=1S/C6H7FN2.C2H2O4/c7-5-1-3-6(9-8)4-2-5;3-1(4)2(5)6/h1-4,9H,8H2;(H,3,4)(H,5,6). The summed E-state index contributed by atoms with van der Waals surface area (Å²) >= 11 is 0. The van der Waals surface area contributed by atoms with E-state index in [0.29, 0.717) is 5.69 Å². The molecule has 82 valence electrons. The van der Waals surface area contributed by atoms with Crippen molar-refractivity contribution < 1.29 is 24.2 Å². The maximum absolute atomic E-state index is 12.2. The highest BCUT2D eigenvalue weighted by atomic mass is 19.1. The molecule has 0 atom stereocenters. The van der Waals surface area contributed by atoms with Crippen molar-refractivity contribution in [1.29, 1.82) is 0 Å². The van der Waals surface area contributed by atoms with Gasteiger partial charge in [-0.25, -0.2) is 14.0 Å². The third-order valence-corrected chi connectivity index (χ3v) is 1.19. The fourth-order valence-corrected chi connectivity index (χ4v) is 0.546. The van der Waals surface area contributed by atoms with Gasteiger partial charge in [0.1, 0.15) is 5.82 Å². The number of rotatable bonds is 1. The van der Waals surface area contributed by atoms with Crippen molar-refractivity contribution in [1.82, 2.24) is 0 Å². The lowest BCUT2D eigenvalue weighted by Crippen LogP contribution is -2.09. The number of benzene rings is 1. The number of carbonyl (C=O) groups is 2. The molecule has 1 aromatic rings. The minimum Gasteiger partial charge on any atom is -0.473 e. The van der Waals surface area contributed by atoms with Crippen molar-refractivity contribution in [2.75, 3.05) is 5.43 Å².